The Morgan fingerprint density at radius 3 is 2.67 bits per heavy atom. The first kappa shape index (κ1) is 14.3. The number of aliphatic hydroxyl groups is 1. The van der Waals surface area contributed by atoms with Gasteiger partial charge in [0.15, 0.2) is 0 Å². The molecule has 0 bridgehead atoms. The quantitative estimate of drug-likeness (QED) is 0.480. The highest BCUT2D eigenvalue weighted by molar-refractivity contribution is 5.78. The van der Waals surface area contributed by atoms with Crippen LogP contribution >= 0.6 is 0 Å². The van der Waals surface area contributed by atoms with Crippen LogP contribution in [0.1, 0.15) is 20.3 Å². The van der Waals surface area contributed by atoms with Crippen molar-refractivity contribution in [3.05, 3.63) is 0 Å². The number of rotatable bonds is 8. The average molecular weight is 218 g/mol. The van der Waals surface area contributed by atoms with Crippen molar-refractivity contribution in [2.45, 2.75) is 25.8 Å². The standard InChI is InChI=1S/C10H22N2O3/c1-10(2,8-13)12-7-9(14)11-5-4-6-15-3/h12-13H,4-8H2,1-3H3,(H,11,14). The van der Waals surface area contributed by atoms with Crippen molar-refractivity contribution in [1.82, 2.24) is 10.6 Å². The summed E-state index contributed by atoms with van der Waals surface area (Å²) in [7, 11) is 1.63. The molecule has 0 aromatic heterocycles. The predicted molar refractivity (Wildman–Crippen MR) is 58.7 cm³/mol. The molecule has 0 radical (unpaired) electrons. The van der Waals surface area contributed by atoms with Crippen LogP contribution in [0.3, 0.4) is 0 Å². The molecule has 1 amide bonds. The zero-order chi connectivity index (χ0) is 11.7. The van der Waals surface area contributed by atoms with Crippen molar-refractivity contribution in [3.63, 3.8) is 0 Å². The van der Waals surface area contributed by atoms with E-state index in [1.807, 2.05) is 13.8 Å². The fourth-order valence-corrected chi connectivity index (χ4v) is 0.882. The Bertz CT molecular complexity index is 184. The van der Waals surface area contributed by atoms with Crippen LogP contribution in [0.4, 0.5) is 0 Å². The molecule has 0 spiro atoms. The minimum absolute atomic E-state index is 0.00392. The maximum Gasteiger partial charge on any atom is 0.233 e. The van der Waals surface area contributed by atoms with Crippen LogP contribution in [0.5, 0.6) is 0 Å². The molecule has 0 aliphatic heterocycles. The van der Waals surface area contributed by atoms with E-state index in [2.05, 4.69) is 10.6 Å². The molecule has 0 fully saturated rings. The first-order valence-corrected chi connectivity index (χ1v) is 5.13. The van der Waals surface area contributed by atoms with E-state index in [0.717, 1.165) is 6.42 Å². The number of methoxy groups -OCH3 is 1. The van der Waals surface area contributed by atoms with E-state index < -0.39 is 5.54 Å². The fourth-order valence-electron chi connectivity index (χ4n) is 0.882. The molecule has 0 aliphatic rings. The maximum atomic E-state index is 11.3. The van der Waals surface area contributed by atoms with Gasteiger partial charge in [-0.15, -0.1) is 0 Å². The molecule has 0 aliphatic carbocycles. The van der Waals surface area contributed by atoms with Gasteiger partial charge in [-0.25, -0.2) is 0 Å². The Labute approximate surface area is 91.2 Å². The molecule has 0 heterocycles. The Hall–Kier alpha value is -0.650. The van der Waals surface area contributed by atoms with E-state index in [1.165, 1.54) is 0 Å². The van der Waals surface area contributed by atoms with Crippen LogP contribution in [-0.2, 0) is 9.53 Å². The molecule has 0 rings (SSSR count). The lowest BCUT2D eigenvalue weighted by atomic mass is 10.1. The second-order valence-corrected chi connectivity index (χ2v) is 4.09. The number of aliphatic hydroxyl groups excluding tert-OH is 1. The summed E-state index contributed by atoms with van der Waals surface area (Å²) in [5, 5.41) is 14.6. The smallest absolute Gasteiger partial charge is 0.233 e. The second-order valence-electron chi connectivity index (χ2n) is 4.09. The van der Waals surface area contributed by atoms with Crippen LogP contribution in [0.2, 0.25) is 0 Å². The number of carbonyl (C=O) groups is 1. The first-order valence-electron chi connectivity index (χ1n) is 5.13. The summed E-state index contributed by atoms with van der Waals surface area (Å²) >= 11 is 0. The van der Waals surface area contributed by atoms with Gasteiger partial charge in [0.1, 0.15) is 0 Å². The van der Waals surface area contributed by atoms with Gasteiger partial charge >= 0.3 is 0 Å². The predicted octanol–water partition coefficient (Wildman–Crippen LogP) is -0.500. The van der Waals surface area contributed by atoms with Crippen molar-refractivity contribution >= 4 is 5.91 Å². The van der Waals surface area contributed by atoms with Gasteiger partial charge in [-0.3, -0.25) is 4.79 Å². The minimum atomic E-state index is -0.413. The highest BCUT2D eigenvalue weighted by Crippen LogP contribution is 1.97. The molecule has 0 saturated heterocycles. The van der Waals surface area contributed by atoms with E-state index in [0.29, 0.717) is 13.2 Å². The number of ether oxygens (including phenoxy) is 1. The Kier molecular flexibility index (Phi) is 7.29. The molecule has 3 N–H and O–H groups in total. The SMILES string of the molecule is COCCCNC(=O)CNC(C)(C)CO. The summed E-state index contributed by atoms with van der Waals surface area (Å²) in [6.07, 6.45) is 0.811. The molecule has 0 atom stereocenters. The largest absolute Gasteiger partial charge is 0.394 e. The molecule has 5 heteroatoms. The summed E-state index contributed by atoms with van der Waals surface area (Å²) in [5.41, 5.74) is -0.413. The summed E-state index contributed by atoms with van der Waals surface area (Å²) < 4.78 is 4.86. The maximum absolute atomic E-state index is 11.3. The average Bonchev–Trinajstić information content (AvgIpc) is 2.22. The van der Waals surface area contributed by atoms with Crippen LogP contribution in [-0.4, -0.2) is 50.0 Å². The number of carbonyl (C=O) groups excluding carboxylic acids is 1. The van der Waals surface area contributed by atoms with Gasteiger partial charge in [-0.2, -0.15) is 0 Å². The normalized spacial score (nSPS) is 11.5. The van der Waals surface area contributed by atoms with Crippen molar-refractivity contribution in [1.29, 1.82) is 0 Å². The van der Waals surface area contributed by atoms with Crippen molar-refractivity contribution < 1.29 is 14.6 Å². The summed E-state index contributed by atoms with van der Waals surface area (Å²) in [6.45, 7) is 5.17. The van der Waals surface area contributed by atoms with Crippen LogP contribution in [0.15, 0.2) is 0 Å². The zero-order valence-electron chi connectivity index (χ0n) is 9.80. The zero-order valence-corrected chi connectivity index (χ0v) is 9.80. The van der Waals surface area contributed by atoms with Crippen LogP contribution < -0.4 is 10.6 Å². The minimum Gasteiger partial charge on any atom is -0.394 e. The molecule has 90 valence electrons. The van der Waals surface area contributed by atoms with E-state index in [4.69, 9.17) is 9.84 Å². The van der Waals surface area contributed by atoms with Gasteiger partial charge in [-0.05, 0) is 20.3 Å². The van der Waals surface area contributed by atoms with E-state index >= 15 is 0 Å². The molecule has 0 aromatic carbocycles. The Morgan fingerprint density at radius 2 is 2.13 bits per heavy atom. The third kappa shape index (κ3) is 8.35. The number of hydrogen-bond donors (Lipinski definition) is 3. The van der Waals surface area contributed by atoms with E-state index in [-0.39, 0.29) is 19.1 Å². The van der Waals surface area contributed by atoms with Crippen molar-refractivity contribution in [2.24, 2.45) is 0 Å². The first-order chi connectivity index (χ1) is 7.02. The second kappa shape index (κ2) is 7.62. The van der Waals surface area contributed by atoms with Crippen LogP contribution in [0, 0.1) is 0 Å². The topological polar surface area (TPSA) is 70.6 Å². The van der Waals surface area contributed by atoms with E-state index in [9.17, 15) is 4.79 Å². The Morgan fingerprint density at radius 1 is 1.47 bits per heavy atom. The lowest BCUT2D eigenvalue weighted by Crippen LogP contribution is -2.47. The summed E-state index contributed by atoms with van der Waals surface area (Å²) in [5.74, 6) is -0.0624. The number of hydrogen-bond acceptors (Lipinski definition) is 4. The van der Waals surface area contributed by atoms with Crippen molar-refractivity contribution in [3.8, 4) is 0 Å². The highest BCUT2D eigenvalue weighted by Gasteiger charge is 2.16. The third-order valence-corrected chi connectivity index (χ3v) is 1.97. The van der Waals surface area contributed by atoms with E-state index in [1.54, 1.807) is 7.11 Å². The lowest BCUT2D eigenvalue weighted by molar-refractivity contribution is -0.120. The van der Waals surface area contributed by atoms with Gasteiger partial charge in [-0.1, -0.05) is 0 Å². The monoisotopic (exact) mass is 218 g/mol. The molecular formula is C10H22N2O3. The van der Waals surface area contributed by atoms with Gasteiger partial charge in [0.2, 0.25) is 5.91 Å². The summed E-state index contributed by atoms with van der Waals surface area (Å²) in [6, 6.07) is 0. The third-order valence-electron chi connectivity index (χ3n) is 1.97. The molecule has 15 heavy (non-hydrogen) atoms. The Balaban J connectivity index is 3.49. The van der Waals surface area contributed by atoms with Gasteiger partial charge < -0.3 is 20.5 Å². The van der Waals surface area contributed by atoms with Gasteiger partial charge in [0, 0.05) is 25.8 Å². The molecule has 0 unspecified atom stereocenters. The molecule has 0 aromatic rings. The fraction of sp³-hybridized carbons (Fsp3) is 0.900. The summed E-state index contributed by atoms with van der Waals surface area (Å²) in [4.78, 5) is 11.3. The van der Waals surface area contributed by atoms with Crippen molar-refractivity contribution in [2.75, 3.05) is 33.4 Å². The molecule has 5 nitrogen and oxygen atoms in total. The number of nitrogens with one attached hydrogen (secondary N) is 2. The molecular weight excluding hydrogens is 196 g/mol. The highest BCUT2D eigenvalue weighted by atomic mass is 16.5. The number of amides is 1. The van der Waals surface area contributed by atoms with Crippen LogP contribution in [0.25, 0.3) is 0 Å². The van der Waals surface area contributed by atoms with Gasteiger partial charge in [0.05, 0.1) is 13.2 Å². The van der Waals surface area contributed by atoms with Gasteiger partial charge in [0.25, 0.3) is 0 Å². The molecule has 0 saturated carbocycles. The lowest BCUT2D eigenvalue weighted by Gasteiger charge is -2.23.